The van der Waals surface area contributed by atoms with E-state index in [0.717, 1.165) is 19.3 Å². The number of hydrogen-bond acceptors (Lipinski definition) is 4. The zero-order chi connectivity index (χ0) is 13.9. The Labute approximate surface area is 112 Å². The van der Waals surface area contributed by atoms with Crippen molar-refractivity contribution in [3.63, 3.8) is 0 Å². The van der Waals surface area contributed by atoms with Gasteiger partial charge in [-0.2, -0.15) is 0 Å². The van der Waals surface area contributed by atoms with E-state index in [0.29, 0.717) is 18.0 Å². The molecule has 3 N–H and O–H groups in total. The summed E-state index contributed by atoms with van der Waals surface area (Å²) in [6, 6.07) is 2.72. The Morgan fingerprint density at radius 2 is 2.32 bits per heavy atom. The first-order valence-corrected chi connectivity index (χ1v) is 6.69. The lowest BCUT2D eigenvalue weighted by molar-refractivity contribution is 0.0810. The van der Waals surface area contributed by atoms with Crippen molar-refractivity contribution in [1.82, 2.24) is 5.32 Å². The summed E-state index contributed by atoms with van der Waals surface area (Å²) in [6.45, 7) is 2.55. The summed E-state index contributed by atoms with van der Waals surface area (Å²) in [5.41, 5.74) is 5.44. The van der Waals surface area contributed by atoms with Gasteiger partial charge in [-0.25, -0.2) is 4.79 Å². The third kappa shape index (κ3) is 2.87. The second kappa shape index (κ2) is 5.57. The quantitative estimate of drug-likeness (QED) is 0.861. The average Bonchev–Trinajstić information content (AvgIpc) is 2.42. The van der Waals surface area contributed by atoms with Crippen LogP contribution in [-0.4, -0.2) is 18.0 Å². The van der Waals surface area contributed by atoms with E-state index in [1.807, 2.05) is 0 Å². The molecule has 1 aliphatic carbocycles. The van der Waals surface area contributed by atoms with Gasteiger partial charge in [0.25, 0.3) is 5.91 Å². The minimum Gasteiger partial charge on any atom is -0.430 e. The van der Waals surface area contributed by atoms with Crippen LogP contribution in [0.2, 0.25) is 0 Å². The van der Waals surface area contributed by atoms with E-state index < -0.39 is 5.63 Å². The molecule has 0 bridgehead atoms. The SMILES string of the molecule is CC1CCCCC1(CN)NC(=O)c1ccc(=O)oc1. The molecule has 0 spiro atoms. The molecule has 104 valence electrons. The molecule has 5 heteroatoms. The van der Waals surface area contributed by atoms with E-state index in [-0.39, 0.29) is 11.4 Å². The standard InChI is InChI=1S/C14H20N2O3/c1-10-4-2-3-7-14(10,9-15)16-13(18)11-5-6-12(17)19-8-11/h5-6,8,10H,2-4,7,9,15H2,1H3,(H,16,18). The van der Waals surface area contributed by atoms with Crippen molar-refractivity contribution in [2.45, 2.75) is 38.1 Å². The smallest absolute Gasteiger partial charge is 0.335 e. The molecule has 1 saturated carbocycles. The van der Waals surface area contributed by atoms with Crippen molar-refractivity contribution in [2.75, 3.05) is 6.54 Å². The molecule has 2 atom stereocenters. The molecule has 1 aromatic rings. The molecule has 2 unspecified atom stereocenters. The van der Waals surface area contributed by atoms with Gasteiger partial charge in [0.15, 0.2) is 0 Å². The van der Waals surface area contributed by atoms with Crippen LogP contribution in [0.25, 0.3) is 0 Å². The van der Waals surface area contributed by atoms with Crippen LogP contribution in [0.5, 0.6) is 0 Å². The summed E-state index contributed by atoms with van der Waals surface area (Å²) < 4.78 is 4.71. The highest BCUT2D eigenvalue weighted by atomic mass is 16.4. The van der Waals surface area contributed by atoms with Crippen molar-refractivity contribution in [2.24, 2.45) is 11.7 Å². The topological polar surface area (TPSA) is 85.3 Å². The van der Waals surface area contributed by atoms with Crippen LogP contribution < -0.4 is 16.7 Å². The fourth-order valence-corrected chi connectivity index (χ4v) is 2.74. The molecule has 1 aromatic heterocycles. The fraction of sp³-hybridized carbons (Fsp3) is 0.571. The van der Waals surface area contributed by atoms with E-state index in [4.69, 9.17) is 10.2 Å². The van der Waals surface area contributed by atoms with Crippen molar-refractivity contribution in [1.29, 1.82) is 0 Å². The molecule has 2 rings (SSSR count). The molecule has 0 radical (unpaired) electrons. The first-order valence-electron chi connectivity index (χ1n) is 6.69. The molecule has 19 heavy (non-hydrogen) atoms. The van der Waals surface area contributed by atoms with Crippen LogP contribution in [0.3, 0.4) is 0 Å². The summed E-state index contributed by atoms with van der Waals surface area (Å²) in [4.78, 5) is 23.1. The number of amides is 1. The number of carbonyl (C=O) groups is 1. The van der Waals surface area contributed by atoms with Crippen LogP contribution in [0.4, 0.5) is 0 Å². The molecular formula is C14H20N2O3. The Morgan fingerprint density at radius 1 is 1.53 bits per heavy atom. The fourth-order valence-electron chi connectivity index (χ4n) is 2.74. The van der Waals surface area contributed by atoms with Gasteiger partial charge in [-0.15, -0.1) is 0 Å². The maximum Gasteiger partial charge on any atom is 0.335 e. The maximum absolute atomic E-state index is 12.2. The van der Waals surface area contributed by atoms with Gasteiger partial charge in [-0.05, 0) is 24.8 Å². The Hall–Kier alpha value is -1.62. The monoisotopic (exact) mass is 264 g/mol. The van der Waals surface area contributed by atoms with Crippen molar-refractivity contribution in [3.8, 4) is 0 Å². The Bertz CT molecular complexity index is 491. The summed E-state index contributed by atoms with van der Waals surface area (Å²) in [5.74, 6) is 0.119. The summed E-state index contributed by atoms with van der Waals surface area (Å²) in [6.07, 6.45) is 5.41. The molecule has 1 aliphatic rings. The summed E-state index contributed by atoms with van der Waals surface area (Å²) in [5, 5.41) is 3.04. The second-order valence-corrected chi connectivity index (χ2v) is 5.30. The molecule has 0 saturated heterocycles. The van der Waals surface area contributed by atoms with Gasteiger partial charge >= 0.3 is 5.63 Å². The van der Waals surface area contributed by atoms with Gasteiger partial charge in [0, 0.05) is 12.6 Å². The van der Waals surface area contributed by atoms with Gasteiger partial charge in [-0.1, -0.05) is 19.8 Å². The van der Waals surface area contributed by atoms with Gasteiger partial charge < -0.3 is 15.5 Å². The average molecular weight is 264 g/mol. The first kappa shape index (κ1) is 13.8. The third-order valence-electron chi connectivity index (χ3n) is 4.14. The third-order valence-corrected chi connectivity index (χ3v) is 4.14. The predicted molar refractivity (Wildman–Crippen MR) is 71.9 cm³/mol. The molecule has 0 aliphatic heterocycles. The number of nitrogens with one attached hydrogen (secondary N) is 1. The second-order valence-electron chi connectivity index (χ2n) is 5.30. The zero-order valence-electron chi connectivity index (χ0n) is 11.1. The Morgan fingerprint density at radius 3 is 2.89 bits per heavy atom. The lowest BCUT2D eigenvalue weighted by Crippen LogP contribution is -2.59. The molecule has 1 amide bonds. The van der Waals surface area contributed by atoms with Crippen LogP contribution >= 0.6 is 0 Å². The van der Waals surface area contributed by atoms with E-state index in [1.165, 1.54) is 24.8 Å². The Balaban J connectivity index is 2.15. The summed E-state index contributed by atoms with van der Waals surface area (Å²) in [7, 11) is 0. The molecule has 0 aromatic carbocycles. The van der Waals surface area contributed by atoms with Crippen LogP contribution in [0, 0.1) is 5.92 Å². The lowest BCUT2D eigenvalue weighted by Gasteiger charge is -2.42. The van der Waals surface area contributed by atoms with Gasteiger partial charge in [0.2, 0.25) is 0 Å². The molecule has 1 heterocycles. The van der Waals surface area contributed by atoms with E-state index in [2.05, 4.69) is 12.2 Å². The van der Waals surface area contributed by atoms with Crippen LogP contribution in [-0.2, 0) is 0 Å². The minimum atomic E-state index is -0.462. The van der Waals surface area contributed by atoms with E-state index in [9.17, 15) is 9.59 Å². The largest absolute Gasteiger partial charge is 0.430 e. The van der Waals surface area contributed by atoms with Gasteiger partial charge in [0.05, 0.1) is 11.1 Å². The minimum absolute atomic E-state index is 0.233. The van der Waals surface area contributed by atoms with Crippen molar-refractivity contribution in [3.05, 3.63) is 34.4 Å². The lowest BCUT2D eigenvalue weighted by atomic mass is 9.73. The normalized spacial score (nSPS) is 26.9. The number of nitrogens with two attached hydrogens (primary N) is 1. The van der Waals surface area contributed by atoms with Crippen LogP contribution in [0.15, 0.2) is 27.6 Å². The predicted octanol–water partition coefficient (Wildman–Crippen LogP) is 1.28. The molecular weight excluding hydrogens is 244 g/mol. The Kier molecular flexibility index (Phi) is 4.04. The van der Waals surface area contributed by atoms with Gasteiger partial charge in [-0.3, -0.25) is 4.79 Å². The highest BCUT2D eigenvalue weighted by Crippen LogP contribution is 2.33. The highest BCUT2D eigenvalue weighted by Gasteiger charge is 2.38. The van der Waals surface area contributed by atoms with E-state index >= 15 is 0 Å². The number of hydrogen-bond donors (Lipinski definition) is 2. The molecule has 5 nitrogen and oxygen atoms in total. The zero-order valence-corrected chi connectivity index (χ0v) is 11.1. The number of rotatable bonds is 3. The first-order chi connectivity index (χ1) is 9.07. The van der Waals surface area contributed by atoms with Gasteiger partial charge in [0.1, 0.15) is 6.26 Å². The van der Waals surface area contributed by atoms with Crippen LogP contribution in [0.1, 0.15) is 43.0 Å². The van der Waals surface area contributed by atoms with E-state index in [1.54, 1.807) is 0 Å². The summed E-state index contributed by atoms with van der Waals surface area (Å²) >= 11 is 0. The highest BCUT2D eigenvalue weighted by molar-refractivity contribution is 5.94. The molecule has 1 fully saturated rings. The maximum atomic E-state index is 12.2. The number of carbonyl (C=O) groups excluding carboxylic acids is 1. The van der Waals surface area contributed by atoms with Crippen molar-refractivity contribution < 1.29 is 9.21 Å². The van der Waals surface area contributed by atoms with Crippen molar-refractivity contribution >= 4 is 5.91 Å².